The molecule has 0 bridgehead atoms. The second kappa shape index (κ2) is 7.01. The molecule has 0 spiro atoms. The Morgan fingerprint density at radius 2 is 1.17 bits per heavy atom. The van der Waals surface area contributed by atoms with Crippen LogP contribution in [0.15, 0.2) is 72.8 Å². The normalized spacial score (nSPS) is 10.3. The van der Waals surface area contributed by atoms with Gasteiger partial charge in [0.15, 0.2) is 0 Å². The summed E-state index contributed by atoms with van der Waals surface area (Å²) in [5, 5.41) is 0. The maximum atomic E-state index is 5.84. The van der Waals surface area contributed by atoms with Gasteiger partial charge in [0, 0.05) is 0 Å². The lowest BCUT2D eigenvalue weighted by Gasteiger charge is -2.08. The van der Waals surface area contributed by atoms with Crippen LogP contribution < -0.4 is 9.47 Å². The van der Waals surface area contributed by atoms with E-state index >= 15 is 0 Å². The van der Waals surface area contributed by atoms with Gasteiger partial charge >= 0.3 is 0 Å². The van der Waals surface area contributed by atoms with Crippen molar-refractivity contribution in [1.82, 2.24) is 0 Å². The number of hydrogen-bond donors (Lipinski definition) is 0. The molecule has 0 unspecified atom stereocenters. The van der Waals surface area contributed by atoms with Gasteiger partial charge in [0.25, 0.3) is 0 Å². The molecule has 0 aliphatic heterocycles. The second-order valence-corrected chi connectivity index (χ2v) is 5.53. The molecule has 0 amide bonds. The highest BCUT2D eigenvalue weighted by molar-refractivity contribution is 5.64. The summed E-state index contributed by atoms with van der Waals surface area (Å²) in [5.74, 6) is 1.75. The van der Waals surface area contributed by atoms with Gasteiger partial charge < -0.3 is 9.47 Å². The summed E-state index contributed by atoms with van der Waals surface area (Å²) in [6, 6.07) is 24.6. The molecule has 3 aromatic carbocycles. The highest BCUT2D eigenvalue weighted by atomic mass is 16.5. The molecule has 2 heteroatoms. The molecule has 0 fully saturated rings. The van der Waals surface area contributed by atoms with Gasteiger partial charge in [0.2, 0.25) is 0 Å². The summed E-state index contributed by atoms with van der Waals surface area (Å²) >= 11 is 0. The number of rotatable bonds is 5. The van der Waals surface area contributed by atoms with Gasteiger partial charge in [-0.15, -0.1) is 0 Å². The fourth-order valence-electron chi connectivity index (χ4n) is 2.38. The van der Waals surface area contributed by atoms with Crippen molar-refractivity contribution >= 4 is 0 Å². The van der Waals surface area contributed by atoms with Gasteiger partial charge in [0.1, 0.15) is 18.1 Å². The summed E-state index contributed by atoms with van der Waals surface area (Å²) in [5.41, 5.74) is 4.76. The Hall–Kier alpha value is -2.74. The summed E-state index contributed by atoms with van der Waals surface area (Å²) < 4.78 is 11.0. The Kier molecular flexibility index (Phi) is 4.62. The van der Waals surface area contributed by atoms with Crippen LogP contribution in [0.2, 0.25) is 0 Å². The maximum absolute atomic E-state index is 5.84. The summed E-state index contributed by atoms with van der Waals surface area (Å²) in [7, 11) is 1.68. The SMILES string of the molecule is COc1ccc(-c2ccc(OCc3ccc(C)cc3)cc2)cc1. The zero-order valence-electron chi connectivity index (χ0n) is 13.5. The number of hydrogen-bond acceptors (Lipinski definition) is 2. The van der Waals surface area contributed by atoms with Crippen LogP contribution in [0.3, 0.4) is 0 Å². The smallest absolute Gasteiger partial charge is 0.119 e. The van der Waals surface area contributed by atoms with Crippen LogP contribution in [-0.4, -0.2) is 7.11 Å². The molecule has 0 aliphatic carbocycles. The van der Waals surface area contributed by atoms with Gasteiger partial charge in [-0.05, 0) is 47.9 Å². The molecule has 0 aliphatic rings. The van der Waals surface area contributed by atoms with Crippen LogP contribution in [0.1, 0.15) is 11.1 Å². The summed E-state index contributed by atoms with van der Waals surface area (Å²) in [6.45, 7) is 2.67. The fourth-order valence-corrected chi connectivity index (χ4v) is 2.38. The first kappa shape index (κ1) is 15.2. The lowest BCUT2D eigenvalue weighted by Crippen LogP contribution is -1.95. The minimum Gasteiger partial charge on any atom is -0.497 e. The standard InChI is InChI=1S/C21H20O2/c1-16-3-5-17(6-4-16)15-23-21-13-9-19(10-14-21)18-7-11-20(22-2)12-8-18/h3-14H,15H2,1-2H3. The molecule has 3 rings (SSSR count). The van der Waals surface area contributed by atoms with E-state index in [0.717, 1.165) is 22.6 Å². The zero-order chi connectivity index (χ0) is 16.1. The number of aryl methyl sites for hydroxylation is 1. The van der Waals surface area contributed by atoms with Crippen molar-refractivity contribution in [3.8, 4) is 22.6 Å². The fraction of sp³-hybridized carbons (Fsp3) is 0.143. The second-order valence-electron chi connectivity index (χ2n) is 5.53. The third kappa shape index (κ3) is 3.92. The Morgan fingerprint density at radius 3 is 1.70 bits per heavy atom. The monoisotopic (exact) mass is 304 g/mol. The van der Waals surface area contributed by atoms with Gasteiger partial charge in [-0.2, -0.15) is 0 Å². The number of benzene rings is 3. The topological polar surface area (TPSA) is 18.5 Å². The van der Waals surface area contributed by atoms with Crippen LogP contribution in [0.5, 0.6) is 11.5 Å². The third-order valence-corrected chi connectivity index (χ3v) is 3.80. The molecule has 0 heterocycles. The molecule has 2 nitrogen and oxygen atoms in total. The minimum absolute atomic E-state index is 0.585. The summed E-state index contributed by atoms with van der Waals surface area (Å²) in [4.78, 5) is 0. The Balaban J connectivity index is 1.65. The molecular formula is C21H20O2. The van der Waals surface area contributed by atoms with Gasteiger partial charge in [-0.25, -0.2) is 0 Å². The minimum atomic E-state index is 0.585. The first-order valence-electron chi connectivity index (χ1n) is 7.67. The Bertz CT molecular complexity index is 741. The third-order valence-electron chi connectivity index (χ3n) is 3.80. The van der Waals surface area contributed by atoms with Crippen molar-refractivity contribution in [2.45, 2.75) is 13.5 Å². The van der Waals surface area contributed by atoms with E-state index in [1.54, 1.807) is 7.11 Å². The van der Waals surface area contributed by atoms with E-state index < -0.39 is 0 Å². The van der Waals surface area contributed by atoms with Crippen molar-refractivity contribution in [3.05, 3.63) is 83.9 Å². The molecular weight excluding hydrogens is 284 g/mol. The average molecular weight is 304 g/mol. The van der Waals surface area contributed by atoms with E-state index in [-0.39, 0.29) is 0 Å². The Morgan fingerprint density at radius 1 is 0.652 bits per heavy atom. The molecule has 3 aromatic rings. The van der Waals surface area contributed by atoms with Crippen LogP contribution >= 0.6 is 0 Å². The molecule has 0 aromatic heterocycles. The van der Waals surface area contributed by atoms with Crippen molar-refractivity contribution in [1.29, 1.82) is 0 Å². The quantitative estimate of drug-likeness (QED) is 0.641. The predicted octanol–water partition coefficient (Wildman–Crippen LogP) is 5.25. The van der Waals surface area contributed by atoms with E-state index in [9.17, 15) is 0 Å². The van der Waals surface area contributed by atoms with Gasteiger partial charge in [-0.1, -0.05) is 54.1 Å². The van der Waals surface area contributed by atoms with Crippen LogP contribution in [0, 0.1) is 6.92 Å². The van der Waals surface area contributed by atoms with E-state index in [0.29, 0.717) is 6.61 Å². The molecule has 0 atom stereocenters. The lowest BCUT2D eigenvalue weighted by atomic mass is 10.1. The van der Waals surface area contributed by atoms with E-state index in [1.165, 1.54) is 11.1 Å². The number of ether oxygens (including phenoxy) is 2. The molecule has 0 N–H and O–H groups in total. The highest BCUT2D eigenvalue weighted by Gasteiger charge is 2.00. The average Bonchev–Trinajstić information content (AvgIpc) is 2.62. The maximum Gasteiger partial charge on any atom is 0.119 e. The van der Waals surface area contributed by atoms with Crippen LogP contribution in [-0.2, 0) is 6.61 Å². The van der Waals surface area contributed by atoms with E-state index in [4.69, 9.17) is 9.47 Å². The number of methoxy groups -OCH3 is 1. The highest BCUT2D eigenvalue weighted by Crippen LogP contribution is 2.24. The molecule has 0 radical (unpaired) electrons. The van der Waals surface area contributed by atoms with Crippen molar-refractivity contribution in [3.63, 3.8) is 0 Å². The Labute approximate surface area is 137 Å². The lowest BCUT2D eigenvalue weighted by molar-refractivity contribution is 0.306. The van der Waals surface area contributed by atoms with Crippen molar-refractivity contribution in [2.75, 3.05) is 7.11 Å². The first-order valence-corrected chi connectivity index (χ1v) is 7.67. The zero-order valence-corrected chi connectivity index (χ0v) is 13.5. The molecule has 23 heavy (non-hydrogen) atoms. The van der Waals surface area contributed by atoms with Crippen molar-refractivity contribution in [2.24, 2.45) is 0 Å². The van der Waals surface area contributed by atoms with E-state index in [2.05, 4.69) is 55.5 Å². The molecule has 0 saturated carbocycles. The van der Waals surface area contributed by atoms with Crippen LogP contribution in [0.4, 0.5) is 0 Å². The first-order chi connectivity index (χ1) is 11.2. The summed E-state index contributed by atoms with van der Waals surface area (Å²) in [6.07, 6.45) is 0. The predicted molar refractivity (Wildman–Crippen MR) is 93.9 cm³/mol. The van der Waals surface area contributed by atoms with Crippen LogP contribution in [0.25, 0.3) is 11.1 Å². The van der Waals surface area contributed by atoms with Gasteiger partial charge in [-0.3, -0.25) is 0 Å². The van der Waals surface area contributed by atoms with Crippen molar-refractivity contribution < 1.29 is 9.47 Å². The largest absolute Gasteiger partial charge is 0.497 e. The molecule has 116 valence electrons. The van der Waals surface area contributed by atoms with Gasteiger partial charge in [0.05, 0.1) is 7.11 Å². The van der Waals surface area contributed by atoms with E-state index in [1.807, 2.05) is 24.3 Å². The molecule has 0 saturated heterocycles.